The molecule has 3 rings (SSSR count). The van der Waals surface area contributed by atoms with Gasteiger partial charge in [0.15, 0.2) is 0 Å². The Morgan fingerprint density at radius 1 is 1.50 bits per heavy atom. The predicted molar refractivity (Wildman–Crippen MR) is 87.5 cm³/mol. The maximum Gasteiger partial charge on any atom is 0.131 e. The van der Waals surface area contributed by atoms with Crippen molar-refractivity contribution in [3.05, 3.63) is 40.6 Å². The van der Waals surface area contributed by atoms with Crippen molar-refractivity contribution in [2.75, 3.05) is 12.3 Å². The third-order valence-corrected chi connectivity index (χ3v) is 6.10. The summed E-state index contributed by atoms with van der Waals surface area (Å²) in [6.45, 7) is 1.07. The number of thiophene rings is 1. The van der Waals surface area contributed by atoms with Gasteiger partial charge in [0.2, 0.25) is 0 Å². The minimum Gasteiger partial charge on any atom is -0.336 e. The zero-order valence-corrected chi connectivity index (χ0v) is 13.4. The van der Waals surface area contributed by atoms with Crippen LogP contribution >= 0.6 is 23.1 Å². The summed E-state index contributed by atoms with van der Waals surface area (Å²) in [5.41, 5.74) is 0. The standard InChI is InChI=1S/C15H21N3S2/c1-18-8-7-16-15(18)14(13-6-4-10-20-13)17-11-12-5-2-3-9-19-12/h4,6-8,10,12,14,17H,2-3,5,9,11H2,1H3. The highest BCUT2D eigenvalue weighted by molar-refractivity contribution is 7.99. The van der Waals surface area contributed by atoms with Crippen LogP contribution in [-0.4, -0.2) is 27.1 Å². The van der Waals surface area contributed by atoms with Crippen molar-refractivity contribution in [1.29, 1.82) is 0 Å². The van der Waals surface area contributed by atoms with Crippen LogP contribution in [0.5, 0.6) is 0 Å². The lowest BCUT2D eigenvalue weighted by atomic mass is 10.1. The molecule has 0 spiro atoms. The van der Waals surface area contributed by atoms with Crippen molar-refractivity contribution >= 4 is 23.1 Å². The van der Waals surface area contributed by atoms with Crippen LogP contribution in [0.25, 0.3) is 0 Å². The monoisotopic (exact) mass is 307 g/mol. The number of imidazole rings is 1. The summed E-state index contributed by atoms with van der Waals surface area (Å²) in [6.07, 6.45) is 8.01. The van der Waals surface area contributed by atoms with E-state index in [0.29, 0.717) is 0 Å². The first kappa shape index (κ1) is 14.2. The Bertz CT molecular complexity index is 515. The zero-order chi connectivity index (χ0) is 13.8. The molecule has 0 radical (unpaired) electrons. The Hall–Kier alpha value is -0.780. The Morgan fingerprint density at radius 3 is 3.10 bits per heavy atom. The molecule has 0 aliphatic carbocycles. The fraction of sp³-hybridized carbons (Fsp3) is 0.533. The van der Waals surface area contributed by atoms with Gasteiger partial charge in [0.05, 0.1) is 0 Å². The van der Waals surface area contributed by atoms with Crippen molar-refractivity contribution < 1.29 is 0 Å². The summed E-state index contributed by atoms with van der Waals surface area (Å²) in [6, 6.07) is 4.54. The predicted octanol–water partition coefficient (Wildman–Crippen LogP) is 3.45. The van der Waals surface area contributed by atoms with E-state index in [4.69, 9.17) is 0 Å². The maximum atomic E-state index is 4.54. The van der Waals surface area contributed by atoms with Gasteiger partial charge in [0.1, 0.15) is 11.9 Å². The third kappa shape index (κ3) is 3.27. The minimum atomic E-state index is 0.220. The smallest absolute Gasteiger partial charge is 0.131 e. The van der Waals surface area contributed by atoms with Gasteiger partial charge < -0.3 is 9.88 Å². The van der Waals surface area contributed by atoms with E-state index in [1.807, 2.05) is 12.4 Å². The fourth-order valence-corrected chi connectivity index (χ4v) is 4.70. The second kappa shape index (κ2) is 6.78. The minimum absolute atomic E-state index is 0.220. The molecule has 1 aliphatic heterocycles. The zero-order valence-electron chi connectivity index (χ0n) is 11.8. The molecule has 3 nitrogen and oxygen atoms in total. The van der Waals surface area contributed by atoms with Gasteiger partial charge in [-0.05, 0) is 30.0 Å². The average molecular weight is 307 g/mol. The lowest BCUT2D eigenvalue weighted by molar-refractivity contribution is 0.535. The molecule has 0 aromatic carbocycles. The largest absolute Gasteiger partial charge is 0.336 e. The van der Waals surface area contributed by atoms with Crippen LogP contribution in [0.2, 0.25) is 0 Å². The summed E-state index contributed by atoms with van der Waals surface area (Å²) in [5, 5.41) is 6.64. The molecule has 5 heteroatoms. The van der Waals surface area contributed by atoms with E-state index in [1.165, 1.54) is 29.9 Å². The first-order chi connectivity index (χ1) is 9.84. The molecule has 1 N–H and O–H groups in total. The van der Waals surface area contributed by atoms with Gasteiger partial charge in [-0.15, -0.1) is 11.3 Å². The van der Waals surface area contributed by atoms with E-state index < -0.39 is 0 Å². The van der Waals surface area contributed by atoms with Crippen LogP contribution in [-0.2, 0) is 7.05 Å². The molecule has 0 bridgehead atoms. The van der Waals surface area contributed by atoms with Gasteiger partial charge in [-0.1, -0.05) is 12.5 Å². The molecule has 2 aromatic heterocycles. The highest BCUT2D eigenvalue weighted by Crippen LogP contribution is 2.28. The number of hydrogen-bond acceptors (Lipinski definition) is 4. The number of thioether (sulfide) groups is 1. The van der Waals surface area contributed by atoms with Crippen molar-refractivity contribution in [3.63, 3.8) is 0 Å². The number of aryl methyl sites for hydroxylation is 1. The molecule has 3 heterocycles. The summed E-state index contributed by atoms with van der Waals surface area (Å²) in [5.74, 6) is 2.42. The Morgan fingerprint density at radius 2 is 2.45 bits per heavy atom. The van der Waals surface area contributed by atoms with Crippen LogP contribution in [0, 0.1) is 0 Å². The third-order valence-electron chi connectivity index (χ3n) is 3.77. The Kier molecular flexibility index (Phi) is 4.81. The van der Waals surface area contributed by atoms with E-state index in [-0.39, 0.29) is 6.04 Å². The van der Waals surface area contributed by atoms with Crippen molar-refractivity contribution in [1.82, 2.24) is 14.9 Å². The Labute approximate surface area is 128 Å². The van der Waals surface area contributed by atoms with E-state index in [9.17, 15) is 0 Å². The van der Waals surface area contributed by atoms with Crippen LogP contribution in [0.15, 0.2) is 29.9 Å². The molecular weight excluding hydrogens is 286 g/mol. The molecule has 2 atom stereocenters. The highest BCUT2D eigenvalue weighted by atomic mass is 32.2. The van der Waals surface area contributed by atoms with Crippen LogP contribution < -0.4 is 5.32 Å². The molecule has 1 fully saturated rings. The molecule has 0 saturated carbocycles. The van der Waals surface area contributed by atoms with Gasteiger partial charge in [-0.25, -0.2) is 4.98 Å². The first-order valence-corrected chi connectivity index (χ1v) is 9.13. The SMILES string of the molecule is Cn1ccnc1C(NCC1CCCCS1)c1cccs1. The van der Waals surface area contributed by atoms with E-state index >= 15 is 0 Å². The maximum absolute atomic E-state index is 4.54. The number of nitrogens with zero attached hydrogens (tertiary/aromatic N) is 2. The summed E-state index contributed by atoms with van der Waals surface area (Å²) in [4.78, 5) is 5.88. The fourth-order valence-electron chi connectivity index (χ4n) is 2.65. The lowest BCUT2D eigenvalue weighted by Gasteiger charge is -2.24. The lowest BCUT2D eigenvalue weighted by Crippen LogP contribution is -2.31. The van der Waals surface area contributed by atoms with Gasteiger partial charge in [0.25, 0.3) is 0 Å². The van der Waals surface area contributed by atoms with E-state index in [0.717, 1.165) is 17.6 Å². The van der Waals surface area contributed by atoms with Gasteiger partial charge in [0, 0.05) is 36.1 Å². The molecular formula is C15H21N3S2. The van der Waals surface area contributed by atoms with Crippen LogP contribution in [0.4, 0.5) is 0 Å². The van der Waals surface area contributed by atoms with Crippen LogP contribution in [0.1, 0.15) is 36.0 Å². The quantitative estimate of drug-likeness (QED) is 0.917. The summed E-state index contributed by atoms with van der Waals surface area (Å²) < 4.78 is 2.12. The summed E-state index contributed by atoms with van der Waals surface area (Å²) >= 11 is 3.92. The number of aromatic nitrogens is 2. The second-order valence-electron chi connectivity index (χ2n) is 5.24. The first-order valence-electron chi connectivity index (χ1n) is 7.20. The molecule has 0 amide bonds. The number of rotatable bonds is 5. The second-order valence-corrected chi connectivity index (χ2v) is 7.63. The molecule has 1 aliphatic rings. The summed E-state index contributed by atoms with van der Waals surface area (Å²) in [7, 11) is 2.07. The molecule has 108 valence electrons. The van der Waals surface area contributed by atoms with Crippen molar-refractivity contribution in [3.8, 4) is 0 Å². The van der Waals surface area contributed by atoms with Crippen molar-refractivity contribution in [2.24, 2.45) is 7.05 Å². The molecule has 20 heavy (non-hydrogen) atoms. The molecule has 2 unspecified atom stereocenters. The molecule has 2 aromatic rings. The topological polar surface area (TPSA) is 29.9 Å². The molecule has 1 saturated heterocycles. The van der Waals surface area contributed by atoms with Gasteiger partial charge in [-0.3, -0.25) is 0 Å². The van der Waals surface area contributed by atoms with Gasteiger partial charge >= 0.3 is 0 Å². The van der Waals surface area contributed by atoms with E-state index in [2.05, 4.69) is 51.2 Å². The normalized spacial score (nSPS) is 20.9. The van der Waals surface area contributed by atoms with Crippen LogP contribution in [0.3, 0.4) is 0 Å². The Balaban J connectivity index is 1.71. The van der Waals surface area contributed by atoms with Gasteiger partial charge in [-0.2, -0.15) is 11.8 Å². The average Bonchev–Trinajstić information content (AvgIpc) is 3.13. The highest BCUT2D eigenvalue weighted by Gasteiger charge is 2.21. The number of nitrogens with one attached hydrogen (secondary N) is 1. The number of hydrogen-bond donors (Lipinski definition) is 1. The van der Waals surface area contributed by atoms with Crippen molar-refractivity contribution in [2.45, 2.75) is 30.6 Å². The van der Waals surface area contributed by atoms with E-state index in [1.54, 1.807) is 11.3 Å².